The first-order valence-electron chi connectivity index (χ1n) is 2.24. The van der Waals surface area contributed by atoms with Gasteiger partial charge in [0.1, 0.15) is 6.61 Å². The molecule has 0 radical (unpaired) electrons. The van der Waals surface area contributed by atoms with E-state index >= 15 is 0 Å². The lowest BCUT2D eigenvalue weighted by atomic mass is 10.3. The second kappa shape index (κ2) is 2.23. The number of hydrogen-bond donors (Lipinski definition) is 0. The molecule has 4 nitrogen and oxygen atoms in total. The van der Waals surface area contributed by atoms with Crippen molar-refractivity contribution in [3.8, 4) is 0 Å². The molecule has 0 N–H and O–H groups in total. The number of rotatable bonds is 2. The molecule has 0 aromatic rings. The Labute approximate surface area is 46.4 Å². The van der Waals surface area contributed by atoms with Crippen LogP contribution in [0.1, 0.15) is 0 Å². The topological polar surface area (TPSA) is 58.0 Å². The lowest BCUT2D eigenvalue weighted by Gasteiger charge is -2.12. The van der Waals surface area contributed by atoms with Crippen LogP contribution in [0.3, 0.4) is 0 Å². The molecule has 0 amide bonds. The fraction of sp³-hybridized carbons (Fsp3) is 0.500. The minimum absolute atomic E-state index is 0.455. The minimum atomic E-state index is 0.455. The Morgan fingerprint density at radius 2 is 2.75 bits per heavy atom. The van der Waals surface area contributed by atoms with Gasteiger partial charge in [-0.05, 0) is 5.53 Å². The maximum Gasteiger partial charge on any atom is 0.112 e. The van der Waals surface area contributed by atoms with Gasteiger partial charge < -0.3 is 4.74 Å². The van der Waals surface area contributed by atoms with Gasteiger partial charge in [-0.3, -0.25) is 0 Å². The summed E-state index contributed by atoms with van der Waals surface area (Å²) in [7, 11) is 0. The lowest BCUT2D eigenvalue weighted by molar-refractivity contribution is 0.222. The summed E-state index contributed by atoms with van der Waals surface area (Å²) in [5, 5.41) is 3.33. The Hall–Kier alpha value is -1.15. The van der Waals surface area contributed by atoms with Crippen LogP contribution < -0.4 is 0 Å². The molecule has 4 heteroatoms. The van der Waals surface area contributed by atoms with Crippen molar-refractivity contribution in [3.63, 3.8) is 0 Å². The zero-order valence-corrected chi connectivity index (χ0v) is 4.24. The Bertz CT molecular complexity index is 157. The van der Waals surface area contributed by atoms with E-state index in [0.29, 0.717) is 13.2 Å². The quantitative estimate of drug-likeness (QED) is 0.300. The van der Waals surface area contributed by atoms with Gasteiger partial charge in [0.25, 0.3) is 0 Å². The van der Waals surface area contributed by atoms with Gasteiger partial charge in [0.15, 0.2) is 0 Å². The van der Waals surface area contributed by atoms with Crippen molar-refractivity contribution in [1.29, 1.82) is 0 Å². The average molecular weight is 111 g/mol. The largest absolute Gasteiger partial charge is 0.497 e. The van der Waals surface area contributed by atoms with Crippen molar-refractivity contribution in [2.45, 2.75) is 0 Å². The number of nitrogens with zero attached hydrogens (tertiary/aromatic N) is 3. The van der Waals surface area contributed by atoms with Crippen LogP contribution in [0.5, 0.6) is 0 Å². The van der Waals surface area contributed by atoms with Gasteiger partial charge in [-0.1, -0.05) is 5.11 Å². The van der Waals surface area contributed by atoms with Crippen LogP contribution in [-0.2, 0) is 4.74 Å². The molecule has 0 aromatic carbocycles. The second-order valence-electron chi connectivity index (χ2n) is 1.48. The summed E-state index contributed by atoms with van der Waals surface area (Å²) in [4.78, 5) is 2.59. The first kappa shape index (κ1) is 5.00. The number of azide groups is 1. The highest BCUT2D eigenvalue weighted by Crippen LogP contribution is 2.06. The van der Waals surface area contributed by atoms with Crippen molar-refractivity contribution in [1.82, 2.24) is 0 Å². The Kier molecular flexibility index (Phi) is 1.39. The van der Waals surface area contributed by atoms with Crippen LogP contribution in [0.25, 0.3) is 10.4 Å². The molecule has 0 saturated heterocycles. The third-order valence-corrected chi connectivity index (χ3v) is 0.856. The van der Waals surface area contributed by atoms with Crippen molar-refractivity contribution >= 4 is 0 Å². The molecule has 0 atom stereocenters. The summed E-state index contributed by atoms with van der Waals surface area (Å²) < 4.78 is 4.69. The van der Waals surface area contributed by atoms with Gasteiger partial charge in [-0.2, -0.15) is 0 Å². The van der Waals surface area contributed by atoms with E-state index in [0.717, 1.165) is 5.57 Å². The predicted molar refractivity (Wildman–Crippen MR) is 28.0 cm³/mol. The Morgan fingerprint density at radius 3 is 3.12 bits per heavy atom. The zero-order chi connectivity index (χ0) is 5.82. The normalized spacial score (nSPS) is 14.8. The standard InChI is InChI=1S/C4H5N3O/c5-7-6-1-4-2-8-3-4/h2H,1,3H2. The van der Waals surface area contributed by atoms with Gasteiger partial charge in [-0.15, -0.1) is 0 Å². The van der Waals surface area contributed by atoms with Crippen LogP contribution in [-0.4, -0.2) is 13.2 Å². The molecule has 0 fully saturated rings. The molecule has 0 aliphatic carbocycles. The summed E-state index contributed by atoms with van der Waals surface area (Å²) >= 11 is 0. The first-order chi connectivity index (χ1) is 3.93. The smallest absolute Gasteiger partial charge is 0.112 e. The second-order valence-corrected chi connectivity index (χ2v) is 1.48. The molecule has 1 rings (SSSR count). The summed E-state index contributed by atoms with van der Waals surface area (Å²) in [6, 6.07) is 0. The number of ether oxygens (including phenoxy) is 1. The van der Waals surface area contributed by atoms with E-state index in [1.54, 1.807) is 6.26 Å². The minimum Gasteiger partial charge on any atom is -0.497 e. The number of hydrogen-bond acceptors (Lipinski definition) is 2. The maximum absolute atomic E-state index is 7.83. The summed E-state index contributed by atoms with van der Waals surface area (Å²) in [6.07, 6.45) is 1.61. The van der Waals surface area contributed by atoms with Gasteiger partial charge >= 0.3 is 0 Å². The monoisotopic (exact) mass is 111 g/mol. The molecule has 1 aliphatic rings. The van der Waals surface area contributed by atoms with Crippen LogP contribution in [0.15, 0.2) is 16.9 Å². The van der Waals surface area contributed by atoms with Crippen molar-refractivity contribution in [2.75, 3.05) is 13.2 Å². The molecule has 1 aliphatic heterocycles. The Balaban J connectivity index is 2.29. The highest BCUT2D eigenvalue weighted by Gasteiger charge is 2.03. The van der Waals surface area contributed by atoms with Crippen LogP contribution in [0.2, 0.25) is 0 Å². The van der Waals surface area contributed by atoms with Crippen LogP contribution in [0.4, 0.5) is 0 Å². The van der Waals surface area contributed by atoms with Gasteiger partial charge in [0.2, 0.25) is 0 Å². The van der Waals surface area contributed by atoms with Crippen molar-refractivity contribution < 1.29 is 4.74 Å². The molecule has 0 bridgehead atoms. The van der Waals surface area contributed by atoms with E-state index in [-0.39, 0.29) is 0 Å². The van der Waals surface area contributed by atoms with Crippen LogP contribution >= 0.6 is 0 Å². The van der Waals surface area contributed by atoms with E-state index in [1.165, 1.54) is 0 Å². The molecule has 0 spiro atoms. The van der Waals surface area contributed by atoms with E-state index in [1.807, 2.05) is 0 Å². The molecular formula is C4H5N3O. The highest BCUT2D eigenvalue weighted by molar-refractivity contribution is 5.07. The summed E-state index contributed by atoms with van der Waals surface area (Å²) in [6.45, 7) is 1.08. The average Bonchev–Trinajstić information content (AvgIpc) is 1.63. The lowest BCUT2D eigenvalue weighted by Crippen LogP contribution is -2.06. The fourth-order valence-electron chi connectivity index (χ4n) is 0.407. The third-order valence-electron chi connectivity index (χ3n) is 0.856. The maximum atomic E-state index is 7.83. The third kappa shape index (κ3) is 0.918. The molecule has 0 aromatic heterocycles. The summed E-state index contributed by atoms with van der Waals surface area (Å²) in [5.74, 6) is 0. The molecule has 0 saturated carbocycles. The fourth-order valence-corrected chi connectivity index (χ4v) is 0.407. The van der Waals surface area contributed by atoms with E-state index in [4.69, 9.17) is 5.53 Å². The van der Waals surface area contributed by atoms with Gasteiger partial charge in [0.05, 0.1) is 12.8 Å². The molecule has 0 unspecified atom stereocenters. The van der Waals surface area contributed by atoms with E-state index < -0.39 is 0 Å². The van der Waals surface area contributed by atoms with Gasteiger partial charge in [0, 0.05) is 10.5 Å². The van der Waals surface area contributed by atoms with Crippen LogP contribution in [0, 0.1) is 0 Å². The van der Waals surface area contributed by atoms with Gasteiger partial charge in [-0.25, -0.2) is 0 Å². The first-order valence-corrected chi connectivity index (χ1v) is 2.24. The predicted octanol–water partition coefficient (Wildman–Crippen LogP) is 1.21. The molecule has 42 valence electrons. The van der Waals surface area contributed by atoms with E-state index in [9.17, 15) is 0 Å². The Morgan fingerprint density at radius 1 is 2.00 bits per heavy atom. The van der Waals surface area contributed by atoms with Crippen molar-refractivity contribution in [3.05, 3.63) is 22.3 Å². The molecular weight excluding hydrogens is 106 g/mol. The zero-order valence-electron chi connectivity index (χ0n) is 4.24. The summed E-state index contributed by atoms with van der Waals surface area (Å²) in [5.41, 5.74) is 8.88. The molecule has 8 heavy (non-hydrogen) atoms. The van der Waals surface area contributed by atoms with E-state index in [2.05, 4.69) is 14.8 Å². The highest BCUT2D eigenvalue weighted by atomic mass is 16.5. The van der Waals surface area contributed by atoms with Crippen molar-refractivity contribution in [2.24, 2.45) is 5.11 Å². The SMILES string of the molecule is [N-]=[N+]=NCC1=COC1. The molecule has 1 heterocycles.